The topological polar surface area (TPSA) is 76.4 Å². The monoisotopic (exact) mass is 289 g/mol. The number of rotatable bonds is 7. The highest BCUT2D eigenvalue weighted by molar-refractivity contribution is 5.88. The van der Waals surface area contributed by atoms with Crippen molar-refractivity contribution in [1.82, 2.24) is 15.1 Å². The summed E-state index contributed by atoms with van der Waals surface area (Å²) in [5.74, 6) is -0.123. The first-order chi connectivity index (χ1) is 10.1. The number of nitrogens with zero attached hydrogens (tertiary/aromatic N) is 2. The van der Waals surface area contributed by atoms with Crippen molar-refractivity contribution in [1.29, 1.82) is 0 Å². The summed E-state index contributed by atoms with van der Waals surface area (Å²) in [7, 11) is 1.74. The largest absolute Gasteiger partial charge is 0.494 e. The lowest BCUT2D eigenvalue weighted by atomic mass is 10.2. The highest BCUT2D eigenvalue weighted by Crippen LogP contribution is 2.13. The van der Waals surface area contributed by atoms with Gasteiger partial charge in [0, 0.05) is 20.1 Å². The first kappa shape index (κ1) is 15.1. The average molecular weight is 289 g/mol. The van der Waals surface area contributed by atoms with E-state index in [0.29, 0.717) is 25.4 Å². The number of nitrogens with one attached hydrogen (secondary N) is 1. The molecule has 1 heterocycles. The molecule has 1 aromatic heterocycles. The minimum Gasteiger partial charge on any atom is -0.494 e. The van der Waals surface area contributed by atoms with Crippen LogP contribution in [0.1, 0.15) is 28.5 Å². The Bertz CT molecular complexity index is 622. The predicted octanol–water partition coefficient (Wildman–Crippen LogP) is 1.81. The van der Waals surface area contributed by atoms with Crippen LogP contribution in [0, 0.1) is 0 Å². The molecule has 0 aliphatic carbocycles. The highest BCUT2D eigenvalue weighted by atomic mass is 16.5. The van der Waals surface area contributed by atoms with Crippen molar-refractivity contribution in [3.05, 3.63) is 47.3 Å². The molecule has 2 rings (SSSR count). The number of benzene rings is 1. The van der Waals surface area contributed by atoms with Crippen LogP contribution >= 0.6 is 0 Å². The van der Waals surface area contributed by atoms with Gasteiger partial charge in [-0.2, -0.15) is 5.10 Å². The molecule has 0 amide bonds. The second-order valence-corrected chi connectivity index (χ2v) is 4.62. The van der Waals surface area contributed by atoms with Crippen molar-refractivity contribution < 1.29 is 14.6 Å². The molecule has 0 saturated carbocycles. The first-order valence-corrected chi connectivity index (χ1v) is 6.78. The Balaban J connectivity index is 1.97. The minimum absolute atomic E-state index is 0.230. The van der Waals surface area contributed by atoms with E-state index in [1.54, 1.807) is 11.7 Å². The third-order valence-corrected chi connectivity index (χ3v) is 3.12. The van der Waals surface area contributed by atoms with Crippen LogP contribution < -0.4 is 10.1 Å². The maximum Gasteiger partial charge on any atom is 0.339 e. The van der Waals surface area contributed by atoms with Crippen molar-refractivity contribution in [3.63, 3.8) is 0 Å². The number of aromatic carboxylic acids is 1. The number of aryl methyl sites for hydroxylation is 1. The molecule has 6 heteroatoms. The van der Waals surface area contributed by atoms with Gasteiger partial charge in [-0.15, -0.1) is 0 Å². The van der Waals surface area contributed by atoms with E-state index in [2.05, 4.69) is 10.4 Å². The Morgan fingerprint density at radius 2 is 2.24 bits per heavy atom. The number of hydrogen-bond donors (Lipinski definition) is 2. The van der Waals surface area contributed by atoms with Crippen LogP contribution in [0.5, 0.6) is 5.75 Å². The molecule has 0 radical (unpaired) electrons. The standard InChI is InChI=1S/C15H19N3O3/c1-3-21-12-6-4-5-11(7-12)8-16-10-14-13(15(19)20)9-17-18(14)2/h4-7,9,16H,3,8,10H2,1-2H3,(H,19,20). The van der Waals surface area contributed by atoms with Gasteiger partial charge >= 0.3 is 5.97 Å². The zero-order valence-corrected chi connectivity index (χ0v) is 12.2. The van der Waals surface area contributed by atoms with Gasteiger partial charge in [-0.25, -0.2) is 4.79 Å². The molecular weight excluding hydrogens is 270 g/mol. The summed E-state index contributed by atoms with van der Waals surface area (Å²) in [5, 5.41) is 16.3. The number of ether oxygens (including phenoxy) is 1. The lowest BCUT2D eigenvalue weighted by Gasteiger charge is -2.08. The molecule has 112 valence electrons. The van der Waals surface area contributed by atoms with Gasteiger partial charge in [0.15, 0.2) is 0 Å². The maximum absolute atomic E-state index is 11.1. The van der Waals surface area contributed by atoms with E-state index in [4.69, 9.17) is 9.84 Å². The molecule has 2 aromatic rings. The zero-order valence-electron chi connectivity index (χ0n) is 12.2. The third-order valence-electron chi connectivity index (χ3n) is 3.12. The summed E-state index contributed by atoms with van der Waals surface area (Å²) in [6, 6.07) is 7.82. The van der Waals surface area contributed by atoms with Crippen molar-refractivity contribution >= 4 is 5.97 Å². The summed E-state index contributed by atoms with van der Waals surface area (Å²) in [6.07, 6.45) is 1.37. The molecule has 0 fully saturated rings. The molecule has 0 aliphatic heterocycles. The van der Waals surface area contributed by atoms with Crippen molar-refractivity contribution in [2.24, 2.45) is 7.05 Å². The quantitative estimate of drug-likeness (QED) is 0.813. The molecule has 0 unspecified atom stereocenters. The Kier molecular flexibility index (Phi) is 4.94. The van der Waals surface area contributed by atoms with Gasteiger partial charge in [-0.3, -0.25) is 4.68 Å². The van der Waals surface area contributed by atoms with Gasteiger partial charge < -0.3 is 15.2 Å². The SMILES string of the molecule is CCOc1cccc(CNCc2c(C(=O)O)cnn2C)c1. The zero-order chi connectivity index (χ0) is 15.2. The van der Waals surface area contributed by atoms with E-state index < -0.39 is 5.97 Å². The second kappa shape index (κ2) is 6.90. The van der Waals surface area contributed by atoms with Crippen LogP contribution in [0.4, 0.5) is 0 Å². The average Bonchev–Trinajstić information content (AvgIpc) is 2.81. The summed E-state index contributed by atoms with van der Waals surface area (Å²) < 4.78 is 7.03. The maximum atomic E-state index is 11.1. The molecule has 0 spiro atoms. The number of carbonyl (C=O) groups is 1. The normalized spacial score (nSPS) is 10.6. The van der Waals surface area contributed by atoms with E-state index in [1.807, 2.05) is 31.2 Å². The molecular formula is C15H19N3O3. The van der Waals surface area contributed by atoms with Gasteiger partial charge in [0.1, 0.15) is 11.3 Å². The van der Waals surface area contributed by atoms with Crippen LogP contribution in [-0.4, -0.2) is 27.5 Å². The second-order valence-electron chi connectivity index (χ2n) is 4.62. The van der Waals surface area contributed by atoms with Crippen molar-refractivity contribution in [3.8, 4) is 5.75 Å². The minimum atomic E-state index is -0.960. The number of hydrogen-bond acceptors (Lipinski definition) is 4. The van der Waals surface area contributed by atoms with E-state index in [-0.39, 0.29) is 5.56 Å². The van der Waals surface area contributed by atoms with Gasteiger partial charge in [0.25, 0.3) is 0 Å². The van der Waals surface area contributed by atoms with Gasteiger partial charge in [0.2, 0.25) is 0 Å². The van der Waals surface area contributed by atoms with Crippen molar-refractivity contribution in [2.45, 2.75) is 20.0 Å². The lowest BCUT2D eigenvalue weighted by Crippen LogP contribution is -2.17. The number of aromatic nitrogens is 2. The Morgan fingerprint density at radius 1 is 1.43 bits per heavy atom. The molecule has 0 aliphatic rings. The fourth-order valence-corrected chi connectivity index (χ4v) is 2.09. The summed E-state index contributed by atoms with van der Waals surface area (Å²) in [4.78, 5) is 11.1. The van der Waals surface area contributed by atoms with E-state index in [0.717, 1.165) is 11.3 Å². The van der Waals surface area contributed by atoms with Gasteiger partial charge in [-0.05, 0) is 24.6 Å². The third kappa shape index (κ3) is 3.82. The van der Waals surface area contributed by atoms with E-state index in [9.17, 15) is 4.79 Å². The highest BCUT2D eigenvalue weighted by Gasteiger charge is 2.14. The van der Waals surface area contributed by atoms with Crippen molar-refractivity contribution in [2.75, 3.05) is 6.61 Å². The van der Waals surface area contributed by atoms with Gasteiger partial charge in [-0.1, -0.05) is 12.1 Å². The lowest BCUT2D eigenvalue weighted by molar-refractivity contribution is 0.0695. The molecule has 6 nitrogen and oxygen atoms in total. The van der Waals surface area contributed by atoms with E-state index >= 15 is 0 Å². The molecule has 1 aromatic carbocycles. The summed E-state index contributed by atoms with van der Waals surface area (Å²) in [5.41, 5.74) is 1.97. The molecule has 21 heavy (non-hydrogen) atoms. The van der Waals surface area contributed by atoms with Crippen LogP contribution in [0.25, 0.3) is 0 Å². The summed E-state index contributed by atoms with van der Waals surface area (Å²) >= 11 is 0. The fraction of sp³-hybridized carbons (Fsp3) is 0.333. The predicted molar refractivity (Wildman–Crippen MR) is 78.3 cm³/mol. The number of carboxylic acids is 1. The number of carboxylic acid groups (broad SMARTS) is 1. The first-order valence-electron chi connectivity index (χ1n) is 6.78. The Labute approximate surface area is 123 Å². The van der Waals surface area contributed by atoms with Gasteiger partial charge in [0.05, 0.1) is 18.5 Å². The van der Waals surface area contributed by atoms with Crippen LogP contribution in [0.15, 0.2) is 30.5 Å². The molecule has 0 bridgehead atoms. The Morgan fingerprint density at radius 3 is 2.95 bits per heavy atom. The summed E-state index contributed by atoms with van der Waals surface area (Å²) in [6.45, 7) is 3.65. The molecule has 2 N–H and O–H groups in total. The molecule has 0 saturated heterocycles. The fourth-order valence-electron chi connectivity index (χ4n) is 2.09. The Hall–Kier alpha value is -2.34. The van der Waals surface area contributed by atoms with Crippen LogP contribution in [0.3, 0.4) is 0 Å². The van der Waals surface area contributed by atoms with Crippen LogP contribution in [0.2, 0.25) is 0 Å². The van der Waals surface area contributed by atoms with E-state index in [1.165, 1.54) is 6.20 Å². The molecule has 0 atom stereocenters. The smallest absolute Gasteiger partial charge is 0.339 e. The van der Waals surface area contributed by atoms with Crippen LogP contribution in [-0.2, 0) is 20.1 Å².